The van der Waals surface area contributed by atoms with Gasteiger partial charge in [0.2, 0.25) is 0 Å². The average molecular weight is 631 g/mol. The molecule has 0 aliphatic carbocycles. The summed E-state index contributed by atoms with van der Waals surface area (Å²) < 4.78 is 0. The van der Waals surface area contributed by atoms with Crippen LogP contribution >= 0.6 is 22.7 Å². The van der Waals surface area contributed by atoms with E-state index in [4.69, 9.17) is 10.2 Å². The first-order valence-corrected chi connectivity index (χ1v) is 11.3. The van der Waals surface area contributed by atoms with Crippen LogP contribution in [0, 0.1) is 13.0 Å². The number of nitrogens with zero attached hydrogens (tertiary/aromatic N) is 2. The van der Waals surface area contributed by atoms with Crippen LogP contribution < -0.4 is 0 Å². The molecule has 1 radical (unpaired) electrons. The van der Waals surface area contributed by atoms with Gasteiger partial charge in [0.15, 0.2) is 0 Å². The molecule has 4 rings (SSSR count). The zero-order valence-corrected chi connectivity index (χ0v) is 21.5. The molecule has 0 saturated carbocycles. The second-order valence-electron chi connectivity index (χ2n) is 6.53. The van der Waals surface area contributed by atoms with Gasteiger partial charge in [-0.25, -0.2) is 22.7 Å². The topological polar surface area (TPSA) is 66.2 Å². The third-order valence-corrected chi connectivity index (χ3v) is 5.51. The van der Waals surface area contributed by atoms with Gasteiger partial charge in [-0.3, -0.25) is 4.98 Å². The Kier molecular flexibility index (Phi) is 13.2. The van der Waals surface area contributed by atoms with Crippen LogP contribution in [0.2, 0.25) is 0 Å². The molecule has 0 bridgehead atoms. The summed E-state index contributed by atoms with van der Waals surface area (Å²) >= 11 is 3.34. The summed E-state index contributed by atoms with van der Waals surface area (Å²) in [4.78, 5) is 10.7. The van der Waals surface area contributed by atoms with E-state index in [0.717, 1.165) is 26.7 Å². The van der Waals surface area contributed by atoms with E-state index < -0.39 is 0 Å². The van der Waals surface area contributed by atoms with E-state index in [1.54, 1.807) is 48.9 Å². The zero-order valence-electron chi connectivity index (χ0n) is 17.4. The first kappa shape index (κ1) is 27.2. The van der Waals surface area contributed by atoms with E-state index in [1.807, 2.05) is 59.3 Å². The van der Waals surface area contributed by atoms with Crippen molar-refractivity contribution in [3.05, 3.63) is 90.2 Å². The van der Waals surface area contributed by atoms with Crippen molar-refractivity contribution in [3.8, 4) is 21.1 Å². The summed E-state index contributed by atoms with van der Waals surface area (Å²) in [5, 5.41) is 21.2. The summed E-state index contributed by atoms with van der Waals surface area (Å²) in [6.07, 6.45) is 3.32. The summed E-state index contributed by atoms with van der Waals surface area (Å²) in [6.45, 7) is 7.25. The van der Waals surface area contributed by atoms with Crippen LogP contribution in [-0.4, -0.2) is 32.4 Å². The third-order valence-electron chi connectivity index (χ3n) is 3.69. The molecule has 2 atom stereocenters. The molecule has 0 fully saturated rings. The standard InChI is InChI=1S/C10H8NS.C9H6NS.C5H12O2.Ir/c1-8-5-7-12-10(8)9-4-2-3-6-11-9;1-2-6-10-8(4-1)9-5-3-7-11-9;1-4(6)3-5(2)7;/h2-7H,1H2;1-4,6-7H;4-7H,3H2,1-2H3;/q2*-1;;. The Hall–Kier alpha value is -1.86. The fourth-order valence-corrected chi connectivity index (χ4v) is 3.91. The van der Waals surface area contributed by atoms with Gasteiger partial charge in [0, 0.05) is 38.2 Å². The van der Waals surface area contributed by atoms with Crippen molar-refractivity contribution in [2.24, 2.45) is 0 Å². The Bertz CT molecular complexity index is 938. The quantitative estimate of drug-likeness (QED) is 0.283. The summed E-state index contributed by atoms with van der Waals surface area (Å²) in [5.41, 5.74) is 3.07. The van der Waals surface area contributed by atoms with Gasteiger partial charge in [0.05, 0.1) is 12.2 Å². The Balaban J connectivity index is 0.000000238. The normalized spacial score (nSPS) is 11.6. The number of rotatable bonds is 4. The summed E-state index contributed by atoms with van der Waals surface area (Å²) in [7, 11) is 0. The Morgan fingerprint density at radius 3 is 1.90 bits per heavy atom. The van der Waals surface area contributed by atoms with E-state index in [9.17, 15) is 0 Å². The average Bonchev–Trinajstić information content (AvgIpc) is 3.41. The van der Waals surface area contributed by atoms with E-state index in [-0.39, 0.29) is 32.3 Å². The van der Waals surface area contributed by atoms with Crippen molar-refractivity contribution in [2.75, 3.05) is 0 Å². The Morgan fingerprint density at radius 1 is 0.903 bits per heavy atom. The van der Waals surface area contributed by atoms with Gasteiger partial charge in [0.1, 0.15) is 0 Å². The molecule has 0 aliphatic rings. The number of aliphatic hydroxyl groups is 2. The number of aliphatic hydroxyl groups excluding tert-OH is 2. The second-order valence-corrected chi connectivity index (χ2v) is 8.36. The van der Waals surface area contributed by atoms with Crippen molar-refractivity contribution in [2.45, 2.75) is 32.5 Å². The van der Waals surface area contributed by atoms with Gasteiger partial charge in [0.25, 0.3) is 0 Å². The van der Waals surface area contributed by atoms with E-state index >= 15 is 0 Å². The van der Waals surface area contributed by atoms with Gasteiger partial charge < -0.3 is 15.2 Å². The van der Waals surface area contributed by atoms with Crippen molar-refractivity contribution in [1.29, 1.82) is 0 Å². The van der Waals surface area contributed by atoms with E-state index in [2.05, 4.69) is 23.0 Å². The van der Waals surface area contributed by atoms with Crippen molar-refractivity contribution in [1.82, 2.24) is 9.97 Å². The molecule has 0 spiro atoms. The number of pyridine rings is 2. The SMILES string of the molecule is CC(O)CC(C)O.[CH2-]c1ccsc1-c1ccccn1.[Ir].[c-]1ccsc1-c1ccccn1. The van der Waals surface area contributed by atoms with Gasteiger partial charge in [-0.15, -0.1) is 5.38 Å². The van der Waals surface area contributed by atoms with Crippen LogP contribution in [0.5, 0.6) is 0 Å². The zero-order chi connectivity index (χ0) is 21.8. The molecule has 7 heteroatoms. The minimum absolute atomic E-state index is 0. The van der Waals surface area contributed by atoms with Crippen LogP contribution in [-0.2, 0) is 20.1 Å². The predicted octanol–water partition coefficient (Wildman–Crippen LogP) is 5.74. The minimum Gasteiger partial charge on any atom is -0.393 e. The molecule has 2 unspecified atom stereocenters. The molecule has 2 N–H and O–H groups in total. The summed E-state index contributed by atoms with van der Waals surface area (Å²) in [6, 6.07) is 18.8. The number of thiophene rings is 2. The third kappa shape index (κ3) is 10.3. The first-order chi connectivity index (χ1) is 14.5. The van der Waals surface area contributed by atoms with Gasteiger partial charge in [-0.1, -0.05) is 33.3 Å². The van der Waals surface area contributed by atoms with E-state index in [0.29, 0.717) is 6.42 Å². The smallest absolute Gasteiger partial charge is 0.0536 e. The van der Waals surface area contributed by atoms with Crippen LogP contribution in [0.4, 0.5) is 0 Å². The Labute approximate surface area is 206 Å². The second kappa shape index (κ2) is 15.0. The number of hydrogen-bond acceptors (Lipinski definition) is 6. The maximum Gasteiger partial charge on any atom is 0.0536 e. The van der Waals surface area contributed by atoms with E-state index in [1.165, 1.54) is 0 Å². The molecule has 0 aromatic carbocycles. The molecule has 0 saturated heterocycles. The fourth-order valence-electron chi connectivity index (χ4n) is 2.43. The molecule has 4 aromatic heterocycles. The van der Waals surface area contributed by atoms with Crippen LogP contribution in [0.3, 0.4) is 0 Å². The predicted molar refractivity (Wildman–Crippen MR) is 126 cm³/mol. The largest absolute Gasteiger partial charge is 0.393 e. The Morgan fingerprint density at radius 2 is 1.52 bits per heavy atom. The summed E-state index contributed by atoms with van der Waals surface area (Å²) in [5.74, 6) is 0. The first-order valence-electron chi connectivity index (χ1n) is 9.51. The fraction of sp³-hybridized carbons (Fsp3) is 0.208. The molecule has 4 nitrogen and oxygen atoms in total. The van der Waals surface area contributed by atoms with Crippen molar-refractivity contribution >= 4 is 22.7 Å². The molecule has 4 aromatic rings. The van der Waals surface area contributed by atoms with Crippen LogP contribution in [0.25, 0.3) is 21.1 Å². The molecule has 0 amide bonds. The molecular formula is C24H26IrN2O2S2-2. The minimum atomic E-state index is -0.375. The van der Waals surface area contributed by atoms with Gasteiger partial charge >= 0.3 is 0 Å². The van der Waals surface area contributed by atoms with Gasteiger partial charge in [-0.2, -0.15) is 30.7 Å². The number of hydrogen-bond donors (Lipinski definition) is 2. The van der Waals surface area contributed by atoms with Crippen LogP contribution in [0.1, 0.15) is 25.8 Å². The molecule has 0 aliphatic heterocycles. The van der Waals surface area contributed by atoms with Crippen molar-refractivity contribution < 1.29 is 30.3 Å². The number of aromatic nitrogens is 2. The maximum atomic E-state index is 8.56. The maximum absolute atomic E-state index is 8.56. The van der Waals surface area contributed by atoms with Crippen LogP contribution in [0.15, 0.2) is 71.7 Å². The van der Waals surface area contributed by atoms with Crippen molar-refractivity contribution in [3.63, 3.8) is 0 Å². The molecule has 167 valence electrons. The molecule has 31 heavy (non-hydrogen) atoms. The van der Waals surface area contributed by atoms with Gasteiger partial charge in [-0.05, 0) is 44.2 Å². The monoisotopic (exact) mass is 631 g/mol. The molecule has 4 heterocycles. The molecular weight excluding hydrogens is 605 g/mol.